The van der Waals surface area contributed by atoms with Gasteiger partial charge in [-0.15, -0.1) is 0 Å². The van der Waals surface area contributed by atoms with Gasteiger partial charge in [0.1, 0.15) is 0 Å². The molecule has 0 aromatic heterocycles. The fraction of sp³-hybridized carbons (Fsp3) is 1.00. The van der Waals surface area contributed by atoms with Crippen LogP contribution in [0.1, 0.15) is 58.3 Å². The molecular formula is C16H30N2. The molecule has 3 fully saturated rings. The van der Waals surface area contributed by atoms with Crippen LogP contribution in [0.2, 0.25) is 0 Å². The molecule has 4 atom stereocenters. The van der Waals surface area contributed by atoms with Crippen molar-refractivity contribution < 1.29 is 0 Å². The van der Waals surface area contributed by atoms with E-state index in [0.29, 0.717) is 0 Å². The first-order valence-corrected chi connectivity index (χ1v) is 8.31. The molecule has 0 amide bonds. The van der Waals surface area contributed by atoms with E-state index in [0.717, 1.165) is 29.8 Å². The Morgan fingerprint density at radius 2 is 1.89 bits per heavy atom. The van der Waals surface area contributed by atoms with Crippen LogP contribution in [-0.2, 0) is 0 Å². The van der Waals surface area contributed by atoms with E-state index in [2.05, 4.69) is 17.6 Å². The maximum Gasteiger partial charge on any atom is 0.0111 e. The van der Waals surface area contributed by atoms with Gasteiger partial charge in [0.15, 0.2) is 0 Å². The quantitative estimate of drug-likeness (QED) is 0.784. The summed E-state index contributed by atoms with van der Waals surface area (Å²) < 4.78 is 0. The largest absolute Gasteiger partial charge is 0.314 e. The minimum Gasteiger partial charge on any atom is -0.314 e. The minimum absolute atomic E-state index is 0.801. The normalized spacial score (nSPS) is 38.8. The fourth-order valence-electron chi connectivity index (χ4n) is 4.14. The Balaban J connectivity index is 1.50. The smallest absolute Gasteiger partial charge is 0.0111 e. The molecular weight excluding hydrogens is 220 g/mol. The molecule has 2 saturated carbocycles. The Bertz CT molecular complexity index is 256. The van der Waals surface area contributed by atoms with Crippen LogP contribution in [-0.4, -0.2) is 25.2 Å². The molecule has 2 heteroatoms. The van der Waals surface area contributed by atoms with Crippen LogP contribution in [0.4, 0.5) is 0 Å². The van der Waals surface area contributed by atoms with Crippen molar-refractivity contribution in [2.24, 2.45) is 17.8 Å². The maximum absolute atomic E-state index is 3.93. The summed E-state index contributed by atoms with van der Waals surface area (Å²) in [6, 6.07) is 1.62. The first kappa shape index (κ1) is 12.9. The van der Waals surface area contributed by atoms with Crippen molar-refractivity contribution in [1.82, 2.24) is 10.6 Å². The highest BCUT2D eigenvalue weighted by molar-refractivity contribution is 4.92. The Morgan fingerprint density at radius 1 is 1.06 bits per heavy atom. The topological polar surface area (TPSA) is 24.1 Å². The van der Waals surface area contributed by atoms with Crippen molar-refractivity contribution in [3.05, 3.63) is 0 Å². The van der Waals surface area contributed by atoms with Gasteiger partial charge in [-0.1, -0.05) is 19.8 Å². The van der Waals surface area contributed by atoms with Crippen LogP contribution < -0.4 is 10.6 Å². The molecule has 1 saturated heterocycles. The Morgan fingerprint density at radius 3 is 2.61 bits per heavy atom. The lowest BCUT2D eigenvalue weighted by molar-refractivity contribution is 0.207. The molecule has 0 radical (unpaired) electrons. The number of hydrogen-bond donors (Lipinski definition) is 2. The molecule has 2 aliphatic carbocycles. The molecule has 0 spiro atoms. The van der Waals surface area contributed by atoms with Crippen LogP contribution in [0.3, 0.4) is 0 Å². The summed E-state index contributed by atoms with van der Waals surface area (Å²) in [5, 5.41) is 7.67. The summed E-state index contributed by atoms with van der Waals surface area (Å²) in [4.78, 5) is 0. The summed E-state index contributed by atoms with van der Waals surface area (Å²) >= 11 is 0. The summed E-state index contributed by atoms with van der Waals surface area (Å²) in [5.41, 5.74) is 0. The first-order chi connectivity index (χ1) is 8.84. The molecule has 104 valence electrons. The van der Waals surface area contributed by atoms with E-state index in [9.17, 15) is 0 Å². The number of nitrogens with one attached hydrogen (secondary N) is 2. The van der Waals surface area contributed by atoms with Crippen molar-refractivity contribution in [3.63, 3.8) is 0 Å². The molecule has 0 aromatic rings. The van der Waals surface area contributed by atoms with E-state index in [1.165, 1.54) is 64.5 Å². The Kier molecular flexibility index (Phi) is 4.25. The van der Waals surface area contributed by atoms with E-state index in [-0.39, 0.29) is 0 Å². The summed E-state index contributed by atoms with van der Waals surface area (Å²) in [6.45, 7) is 4.96. The van der Waals surface area contributed by atoms with Gasteiger partial charge in [-0.3, -0.25) is 0 Å². The van der Waals surface area contributed by atoms with Gasteiger partial charge in [0, 0.05) is 12.1 Å². The maximum atomic E-state index is 3.93. The molecule has 3 aliphatic rings. The van der Waals surface area contributed by atoms with E-state index in [4.69, 9.17) is 0 Å². The monoisotopic (exact) mass is 250 g/mol. The van der Waals surface area contributed by atoms with Gasteiger partial charge in [0.2, 0.25) is 0 Å². The molecule has 1 aliphatic heterocycles. The van der Waals surface area contributed by atoms with Crippen LogP contribution in [0.25, 0.3) is 0 Å². The lowest BCUT2D eigenvalue weighted by Gasteiger charge is -2.37. The summed E-state index contributed by atoms with van der Waals surface area (Å²) in [6.07, 6.45) is 11.6. The van der Waals surface area contributed by atoms with Gasteiger partial charge < -0.3 is 10.6 Å². The molecule has 1 heterocycles. The van der Waals surface area contributed by atoms with Crippen molar-refractivity contribution in [2.75, 3.05) is 13.1 Å². The predicted octanol–water partition coefficient (Wildman–Crippen LogP) is 2.93. The molecule has 3 rings (SSSR count). The average Bonchev–Trinajstić information content (AvgIpc) is 3.12. The zero-order valence-electron chi connectivity index (χ0n) is 12.0. The second-order valence-electron chi connectivity index (χ2n) is 6.98. The summed E-state index contributed by atoms with van der Waals surface area (Å²) in [7, 11) is 0. The Hall–Kier alpha value is -0.0800. The average molecular weight is 250 g/mol. The second-order valence-corrected chi connectivity index (χ2v) is 6.98. The van der Waals surface area contributed by atoms with Gasteiger partial charge in [-0.2, -0.15) is 0 Å². The van der Waals surface area contributed by atoms with Crippen molar-refractivity contribution in [2.45, 2.75) is 70.4 Å². The van der Waals surface area contributed by atoms with Gasteiger partial charge >= 0.3 is 0 Å². The number of hydrogen-bond acceptors (Lipinski definition) is 2. The second kappa shape index (κ2) is 5.92. The highest BCUT2D eigenvalue weighted by Crippen LogP contribution is 2.37. The van der Waals surface area contributed by atoms with Gasteiger partial charge in [0.05, 0.1) is 0 Å². The lowest BCUT2D eigenvalue weighted by Crippen LogP contribution is -2.48. The van der Waals surface area contributed by atoms with Gasteiger partial charge in [-0.25, -0.2) is 0 Å². The van der Waals surface area contributed by atoms with Gasteiger partial charge in [-0.05, 0) is 69.4 Å². The van der Waals surface area contributed by atoms with Crippen LogP contribution in [0.15, 0.2) is 0 Å². The predicted molar refractivity (Wildman–Crippen MR) is 76.7 cm³/mol. The van der Waals surface area contributed by atoms with Crippen LogP contribution in [0, 0.1) is 17.8 Å². The van der Waals surface area contributed by atoms with Crippen LogP contribution >= 0.6 is 0 Å². The van der Waals surface area contributed by atoms with E-state index < -0.39 is 0 Å². The highest BCUT2D eigenvalue weighted by atomic mass is 15.0. The molecule has 0 aromatic carbocycles. The van der Waals surface area contributed by atoms with Crippen LogP contribution in [0.5, 0.6) is 0 Å². The highest BCUT2D eigenvalue weighted by Gasteiger charge is 2.34. The zero-order chi connectivity index (χ0) is 12.4. The number of rotatable bonds is 5. The Labute approximate surface area is 112 Å². The third kappa shape index (κ3) is 3.08. The third-order valence-corrected chi connectivity index (χ3v) is 5.56. The van der Waals surface area contributed by atoms with E-state index in [1.54, 1.807) is 0 Å². The third-order valence-electron chi connectivity index (χ3n) is 5.56. The van der Waals surface area contributed by atoms with Crippen molar-refractivity contribution in [3.8, 4) is 0 Å². The molecule has 2 N–H and O–H groups in total. The van der Waals surface area contributed by atoms with Crippen molar-refractivity contribution in [1.29, 1.82) is 0 Å². The van der Waals surface area contributed by atoms with Crippen molar-refractivity contribution >= 4 is 0 Å². The molecule has 2 nitrogen and oxygen atoms in total. The van der Waals surface area contributed by atoms with Gasteiger partial charge in [0.25, 0.3) is 0 Å². The SMILES string of the molecule is CC(CNC1CCCCC1C1CCCN1)C1CC1. The summed E-state index contributed by atoms with van der Waals surface area (Å²) in [5.74, 6) is 2.86. The van der Waals surface area contributed by atoms with E-state index >= 15 is 0 Å². The molecule has 18 heavy (non-hydrogen) atoms. The minimum atomic E-state index is 0.801. The lowest BCUT2D eigenvalue weighted by atomic mass is 9.79. The molecule has 4 unspecified atom stereocenters. The fourth-order valence-corrected chi connectivity index (χ4v) is 4.14. The molecule has 0 bridgehead atoms. The zero-order valence-corrected chi connectivity index (χ0v) is 12.0. The van der Waals surface area contributed by atoms with E-state index in [1.807, 2.05) is 0 Å². The standard InChI is InChI=1S/C16H30N2/c1-12(13-8-9-13)11-18-16-6-3-2-5-14(16)15-7-4-10-17-15/h12-18H,2-11H2,1H3. The first-order valence-electron chi connectivity index (χ1n) is 8.31.